The lowest BCUT2D eigenvalue weighted by atomic mass is 9.89. The fourth-order valence-electron chi connectivity index (χ4n) is 4.13. The first-order chi connectivity index (χ1) is 15.5. The van der Waals surface area contributed by atoms with Gasteiger partial charge in [0, 0.05) is 6.54 Å². The van der Waals surface area contributed by atoms with Crippen molar-refractivity contribution in [2.24, 2.45) is 5.92 Å². The van der Waals surface area contributed by atoms with E-state index in [1.807, 2.05) is 29.0 Å². The monoisotopic (exact) mass is 449 g/mol. The van der Waals surface area contributed by atoms with Crippen LogP contribution in [0.1, 0.15) is 31.4 Å². The zero-order chi connectivity index (χ0) is 22.2. The molecule has 1 aliphatic heterocycles. The van der Waals surface area contributed by atoms with E-state index in [0.717, 1.165) is 28.6 Å². The molecule has 4 heterocycles. The van der Waals surface area contributed by atoms with Gasteiger partial charge < -0.3 is 16.0 Å². The highest BCUT2D eigenvalue weighted by Gasteiger charge is 2.33. The first-order valence-electron chi connectivity index (χ1n) is 10.1. The molecule has 10 nitrogen and oxygen atoms in total. The van der Waals surface area contributed by atoms with Crippen molar-refractivity contribution < 1.29 is 14.2 Å². The Bertz CT molecular complexity index is 1370. The standard InChI is InChI=1S/C21H19N7O3S/c1-11-2-4-15(12-3-5-17-13(6-12)24-10-32-17)28(8-11)16(9-29)21(30)25-14-7-23-20(22)19-18(14)26-31-27-19/h3,5-7,10-11,15H,2,4,8H2,1H3,(H2,22,23)(H,25,30)/t11-,15+/m0/s1. The van der Waals surface area contributed by atoms with Gasteiger partial charge in [0.1, 0.15) is 0 Å². The Morgan fingerprint density at radius 2 is 2.12 bits per heavy atom. The van der Waals surface area contributed by atoms with Crippen LogP contribution in [0.15, 0.2) is 40.2 Å². The van der Waals surface area contributed by atoms with Crippen LogP contribution in [0.3, 0.4) is 0 Å². The molecule has 3 N–H and O–H groups in total. The van der Waals surface area contributed by atoms with Gasteiger partial charge in [-0.1, -0.05) is 13.0 Å². The van der Waals surface area contributed by atoms with Crippen molar-refractivity contribution in [3.63, 3.8) is 0 Å². The summed E-state index contributed by atoms with van der Waals surface area (Å²) >= 11 is 1.57. The number of piperidine rings is 1. The molecule has 1 aromatic carbocycles. The van der Waals surface area contributed by atoms with Crippen LogP contribution in [0.2, 0.25) is 0 Å². The maximum atomic E-state index is 13.1. The zero-order valence-electron chi connectivity index (χ0n) is 17.1. The fourth-order valence-corrected chi connectivity index (χ4v) is 4.79. The fraction of sp³-hybridized carbons (Fsp3) is 0.286. The highest BCUT2D eigenvalue weighted by molar-refractivity contribution is 7.16. The summed E-state index contributed by atoms with van der Waals surface area (Å²) in [7, 11) is 0. The number of amides is 1. The molecule has 0 saturated carbocycles. The predicted molar refractivity (Wildman–Crippen MR) is 119 cm³/mol. The Morgan fingerprint density at radius 3 is 2.97 bits per heavy atom. The molecule has 0 radical (unpaired) electrons. The smallest absolute Gasteiger partial charge is 0.283 e. The number of benzene rings is 1. The summed E-state index contributed by atoms with van der Waals surface area (Å²) in [5.74, 6) is 1.70. The Hall–Kier alpha value is -3.82. The molecule has 0 aliphatic carbocycles. The third kappa shape index (κ3) is 3.47. The van der Waals surface area contributed by atoms with Gasteiger partial charge in [-0.15, -0.1) is 11.3 Å². The van der Waals surface area contributed by atoms with Crippen molar-refractivity contribution in [3.8, 4) is 0 Å². The van der Waals surface area contributed by atoms with Gasteiger partial charge in [-0.05, 0) is 46.8 Å². The summed E-state index contributed by atoms with van der Waals surface area (Å²) in [6.07, 6.45) is 3.14. The average molecular weight is 449 g/mol. The SMILES string of the molecule is C[C@H]1CC[C@H](c2ccc3scnc3c2)N(C(=C=O)C(=O)Nc2cnc(N)c3nonc23)C1. The van der Waals surface area contributed by atoms with Crippen LogP contribution in [0, 0.1) is 5.92 Å². The first-order valence-corrected chi connectivity index (χ1v) is 11.0. The van der Waals surface area contributed by atoms with Gasteiger partial charge in [0.2, 0.25) is 0 Å². The number of hydrogen-bond donors (Lipinski definition) is 2. The van der Waals surface area contributed by atoms with Crippen molar-refractivity contribution >= 4 is 55.9 Å². The molecular formula is C21H19N7O3S. The molecule has 32 heavy (non-hydrogen) atoms. The Labute approximate surface area is 186 Å². The number of nitrogens with one attached hydrogen (secondary N) is 1. The van der Waals surface area contributed by atoms with Gasteiger partial charge in [0.05, 0.1) is 33.7 Å². The number of hydrogen-bond acceptors (Lipinski definition) is 10. The predicted octanol–water partition coefficient (Wildman–Crippen LogP) is 2.94. The van der Waals surface area contributed by atoms with Crippen LogP contribution < -0.4 is 11.1 Å². The number of carbonyl (C=O) groups excluding carboxylic acids is 2. The Kier molecular flexibility index (Phi) is 5.04. The van der Waals surface area contributed by atoms with E-state index >= 15 is 0 Å². The second-order valence-electron chi connectivity index (χ2n) is 7.85. The number of nitrogens with two attached hydrogens (primary N) is 1. The minimum Gasteiger partial charge on any atom is -0.382 e. The number of rotatable bonds is 4. The summed E-state index contributed by atoms with van der Waals surface area (Å²) in [5.41, 5.74) is 10.1. The van der Waals surface area contributed by atoms with Crippen LogP contribution in [0.4, 0.5) is 11.5 Å². The zero-order valence-corrected chi connectivity index (χ0v) is 17.9. The number of carbonyl (C=O) groups is 1. The largest absolute Gasteiger partial charge is 0.382 e. The second kappa shape index (κ2) is 8.03. The van der Waals surface area contributed by atoms with Gasteiger partial charge >= 0.3 is 0 Å². The molecule has 4 aromatic rings. The highest BCUT2D eigenvalue weighted by atomic mass is 32.1. The van der Waals surface area contributed by atoms with E-state index in [-0.39, 0.29) is 34.3 Å². The quantitative estimate of drug-likeness (QED) is 0.355. The molecule has 3 aromatic heterocycles. The summed E-state index contributed by atoms with van der Waals surface area (Å²) in [6, 6.07) is 5.94. The summed E-state index contributed by atoms with van der Waals surface area (Å²) in [4.78, 5) is 35.4. The number of thiazole rings is 1. The van der Waals surface area contributed by atoms with Crippen molar-refractivity contribution in [1.82, 2.24) is 25.2 Å². The summed E-state index contributed by atoms with van der Waals surface area (Å²) in [6.45, 7) is 2.65. The minimum atomic E-state index is -0.607. The molecule has 1 fully saturated rings. The van der Waals surface area contributed by atoms with Crippen molar-refractivity contribution in [1.29, 1.82) is 0 Å². The molecule has 1 saturated heterocycles. The summed E-state index contributed by atoms with van der Waals surface area (Å²) in [5, 5.41) is 10.2. The van der Waals surface area contributed by atoms with Crippen LogP contribution >= 0.6 is 11.3 Å². The number of nitrogens with zero attached hydrogens (tertiary/aromatic N) is 5. The molecule has 0 unspecified atom stereocenters. The van der Waals surface area contributed by atoms with Gasteiger partial charge in [-0.25, -0.2) is 19.4 Å². The number of nitrogen functional groups attached to an aromatic ring is 1. The molecular weight excluding hydrogens is 430 g/mol. The number of aromatic nitrogens is 4. The van der Waals surface area contributed by atoms with Gasteiger partial charge in [-0.2, -0.15) is 0 Å². The van der Waals surface area contributed by atoms with Crippen LogP contribution in [-0.2, 0) is 9.59 Å². The molecule has 2 atom stereocenters. The molecule has 0 spiro atoms. The minimum absolute atomic E-state index is 0.0821. The van der Waals surface area contributed by atoms with E-state index in [1.165, 1.54) is 6.20 Å². The van der Waals surface area contributed by atoms with Crippen molar-refractivity contribution in [2.45, 2.75) is 25.8 Å². The van der Waals surface area contributed by atoms with Gasteiger partial charge in [0.15, 0.2) is 28.5 Å². The Balaban J connectivity index is 1.47. The van der Waals surface area contributed by atoms with E-state index in [0.29, 0.717) is 12.5 Å². The van der Waals surface area contributed by atoms with Gasteiger partial charge in [-0.3, -0.25) is 4.79 Å². The van der Waals surface area contributed by atoms with Crippen molar-refractivity contribution in [3.05, 3.63) is 41.2 Å². The molecule has 0 bridgehead atoms. The number of likely N-dealkylation sites (tertiary alicyclic amines) is 1. The number of pyridine rings is 1. The molecule has 1 amide bonds. The van der Waals surface area contributed by atoms with Crippen molar-refractivity contribution in [2.75, 3.05) is 17.6 Å². The van der Waals surface area contributed by atoms with E-state index in [4.69, 9.17) is 10.4 Å². The van der Waals surface area contributed by atoms with Crippen LogP contribution in [0.25, 0.3) is 21.3 Å². The van der Waals surface area contributed by atoms with Crippen LogP contribution in [0.5, 0.6) is 0 Å². The highest BCUT2D eigenvalue weighted by Crippen LogP contribution is 2.37. The van der Waals surface area contributed by atoms with E-state index in [9.17, 15) is 9.59 Å². The molecule has 5 rings (SSSR count). The van der Waals surface area contributed by atoms with E-state index < -0.39 is 5.91 Å². The van der Waals surface area contributed by atoms with E-state index in [1.54, 1.807) is 16.8 Å². The average Bonchev–Trinajstić information content (AvgIpc) is 3.46. The first kappa shape index (κ1) is 20.1. The van der Waals surface area contributed by atoms with E-state index in [2.05, 4.69) is 32.5 Å². The number of anilines is 2. The molecule has 11 heteroatoms. The lowest BCUT2D eigenvalue weighted by molar-refractivity contribution is -0.114. The number of fused-ring (bicyclic) bond motifs is 2. The van der Waals surface area contributed by atoms with Gasteiger partial charge in [0.25, 0.3) is 5.91 Å². The topological polar surface area (TPSA) is 140 Å². The Morgan fingerprint density at radius 1 is 1.28 bits per heavy atom. The summed E-state index contributed by atoms with van der Waals surface area (Å²) < 4.78 is 5.81. The third-order valence-electron chi connectivity index (χ3n) is 5.72. The molecule has 162 valence electrons. The molecule has 1 aliphatic rings. The second-order valence-corrected chi connectivity index (χ2v) is 8.74. The van der Waals surface area contributed by atoms with Crippen LogP contribution in [-0.4, -0.2) is 43.6 Å². The maximum absolute atomic E-state index is 13.1. The third-order valence-corrected chi connectivity index (χ3v) is 6.53. The maximum Gasteiger partial charge on any atom is 0.283 e. The lowest BCUT2D eigenvalue weighted by Gasteiger charge is -2.40. The lowest BCUT2D eigenvalue weighted by Crippen LogP contribution is -2.40. The normalized spacial score (nSPS) is 18.6.